The molecule has 0 rings (SSSR count). The molecule has 0 fully saturated rings. The predicted octanol–water partition coefficient (Wildman–Crippen LogP) is 5.68. The molecular formula is C20H32O4. The number of hydrogen-bond donors (Lipinski definition) is 2. The summed E-state index contributed by atoms with van der Waals surface area (Å²) in [6, 6.07) is 0. The van der Waals surface area contributed by atoms with Crippen LogP contribution in [0.1, 0.15) is 64.7 Å². The summed E-state index contributed by atoms with van der Waals surface area (Å²) in [4.78, 5) is 14.8. The van der Waals surface area contributed by atoms with E-state index in [1.165, 1.54) is 0 Å². The fourth-order valence-electron chi connectivity index (χ4n) is 2.06. The van der Waals surface area contributed by atoms with Crippen molar-refractivity contribution in [1.82, 2.24) is 0 Å². The van der Waals surface area contributed by atoms with Crippen LogP contribution in [0.3, 0.4) is 0 Å². The van der Waals surface area contributed by atoms with Crippen LogP contribution in [0.25, 0.3) is 0 Å². The SMILES string of the molecule is CCCCC[C@@H](/C=C\C=C/C/C=C\C/C=C/CCCC(=O)O)OO. The molecule has 1 atom stereocenters. The van der Waals surface area contributed by atoms with Gasteiger partial charge in [0.2, 0.25) is 0 Å². The Hall–Kier alpha value is -1.65. The zero-order valence-electron chi connectivity index (χ0n) is 14.8. The van der Waals surface area contributed by atoms with E-state index < -0.39 is 5.97 Å². The van der Waals surface area contributed by atoms with Crippen LogP contribution in [0.2, 0.25) is 0 Å². The Balaban J connectivity index is 3.70. The minimum Gasteiger partial charge on any atom is -0.481 e. The lowest BCUT2D eigenvalue weighted by molar-refractivity contribution is -0.267. The monoisotopic (exact) mass is 336 g/mol. The van der Waals surface area contributed by atoms with Crippen molar-refractivity contribution in [2.75, 3.05) is 0 Å². The maximum Gasteiger partial charge on any atom is 0.303 e. The van der Waals surface area contributed by atoms with E-state index in [1.54, 1.807) is 0 Å². The fraction of sp³-hybridized carbons (Fsp3) is 0.550. The third kappa shape index (κ3) is 16.7. The molecule has 0 aromatic rings. The van der Waals surface area contributed by atoms with Crippen molar-refractivity contribution in [3.63, 3.8) is 0 Å². The summed E-state index contributed by atoms with van der Waals surface area (Å²) in [6.45, 7) is 2.15. The van der Waals surface area contributed by atoms with Crippen molar-refractivity contribution < 1.29 is 20.0 Å². The first-order valence-corrected chi connectivity index (χ1v) is 8.86. The highest BCUT2D eigenvalue weighted by molar-refractivity contribution is 5.66. The van der Waals surface area contributed by atoms with Gasteiger partial charge in [-0.15, -0.1) is 0 Å². The Morgan fingerprint density at radius 3 is 2.38 bits per heavy atom. The molecule has 0 unspecified atom stereocenters. The van der Waals surface area contributed by atoms with Crippen molar-refractivity contribution in [2.45, 2.75) is 70.8 Å². The van der Waals surface area contributed by atoms with E-state index in [1.807, 2.05) is 30.4 Å². The second-order valence-electron chi connectivity index (χ2n) is 5.65. The molecule has 0 aliphatic rings. The minimum absolute atomic E-state index is 0.219. The van der Waals surface area contributed by atoms with Gasteiger partial charge in [-0.1, -0.05) is 74.8 Å². The second-order valence-corrected chi connectivity index (χ2v) is 5.65. The number of rotatable bonds is 15. The van der Waals surface area contributed by atoms with Crippen LogP contribution in [0, 0.1) is 0 Å². The minimum atomic E-state index is -0.734. The van der Waals surface area contributed by atoms with Crippen LogP contribution in [-0.4, -0.2) is 22.4 Å². The lowest BCUT2D eigenvalue weighted by Crippen LogP contribution is -2.06. The van der Waals surface area contributed by atoms with Crippen LogP contribution in [0.4, 0.5) is 0 Å². The number of allylic oxidation sites excluding steroid dienone is 7. The smallest absolute Gasteiger partial charge is 0.303 e. The van der Waals surface area contributed by atoms with Crippen LogP contribution >= 0.6 is 0 Å². The molecule has 0 amide bonds. The lowest BCUT2D eigenvalue weighted by Gasteiger charge is -2.07. The quantitative estimate of drug-likeness (QED) is 0.133. The van der Waals surface area contributed by atoms with Crippen LogP contribution < -0.4 is 0 Å². The highest BCUT2D eigenvalue weighted by atomic mass is 17.1. The Bertz CT molecular complexity index is 408. The van der Waals surface area contributed by atoms with Gasteiger partial charge in [-0.05, 0) is 32.1 Å². The van der Waals surface area contributed by atoms with Crippen molar-refractivity contribution >= 4 is 5.97 Å². The maximum atomic E-state index is 10.3. The summed E-state index contributed by atoms with van der Waals surface area (Å²) in [5.74, 6) is -0.734. The lowest BCUT2D eigenvalue weighted by atomic mass is 10.1. The summed E-state index contributed by atoms with van der Waals surface area (Å²) in [6.07, 6.45) is 23.5. The zero-order chi connectivity index (χ0) is 17.9. The topological polar surface area (TPSA) is 66.8 Å². The summed E-state index contributed by atoms with van der Waals surface area (Å²) < 4.78 is 0. The van der Waals surface area contributed by atoms with Gasteiger partial charge in [0.15, 0.2) is 0 Å². The van der Waals surface area contributed by atoms with Gasteiger partial charge in [-0.2, -0.15) is 0 Å². The molecule has 0 spiro atoms. The van der Waals surface area contributed by atoms with E-state index in [-0.39, 0.29) is 12.5 Å². The summed E-state index contributed by atoms with van der Waals surface area (Å²) in [5.41, 5.74) is 0. The van der Waals surface area contributed by atoms with E-state index in [4.69, 9.17) is 10.4 Å². The Morgan fingerprint density at radius 1 is 1.00 bits per heavy atom. The van der Waals surface area contributed by atoms with Crippen molar-refractivity contribution in [1.29, 1.82) is 0 Å². The molecule has 136 valence electrons. The number of carboxylic acid groups (broad SMARTS) is 1. The van der Waals surface area contributed by atoms with Crippen LogP contribution in [0.5, 0.6) is 0 Å². The van der Waals surface area contributed by atoms with E-state index in [0.29, 0.717) is 6.42 Å². The average molecular weight is 336 g/mol. The number of unbranched alkanes of at least 4 members (excludes halogenated alkanes) is 3. The van der Waals surface area contributed by atoms with Crippen LogP contribution in [-0.2, 0) is 9.68 Å². The fourth-order valence-corrected chi connectivity index (χ4v) is 2.06. The molecule has 0 saturated carbocycles. The van der Waals surface area contributed by atoms with E-state index in [2.05, 4.69) is 30.0 Å². The normalized spacial score (nSPS) is 13.8. The Morgan fingerprint density at radius 2 is 1.71 bits per heavy atom. The van der Waals surface area contributed by atoms with Crippen molar-refractivity contribution in [3.8, 4) is 0 Å². The van der Waals surface area contributed by atoms with Gasteiger partial charge in [0.1, 0.15) is 6.10 Å². The van der Waals surface area contributed by atoms with Crippen LogP contribution in [0.15, 0.2) is 48.6 Å². The molecular weight excluding hydrogens is 304 g/mol. The van der Waals surface area contributed by atoms with Gasteiger partial charge in [0.05, 0.1) is 0 Å². The molecule has 0 radical (unpaired) electrons. The number of hydrogen-bond acceptors (Lipinski definition) is 3. The first-order chi connectivity index (χ1) is 11.7. The van der Waals surface area contributed by atoms with Gasteiger partial charge < -0.3 is 5.11 Å². The Labute approximate surface area is 146 Å². The molecule has 0 aliphatic heterocycles. The molecule has 0 bridgehead atoms. The Kier molecular flexibility index (Phi) is 16.5. The summed E-state index contributed by atoms with van der Waals surface area (Å²) >= 11 is 0. The molecule has 0 aliphatic carbocycles. The number of carboxylic acids is 1. The van der Waals surface area contributed by atoms with Gasteiger partial charge >= 0.3 is 5.97 Å². The van der Waals surface area contributed by atoms with Gasteiger partial charge in [-0.3, -0.25) is 10.1 Å². The third-order valence-electron chi connectivity index (χ3n) is 3.44. The molecule has 4 heteroatoms. The van der Waals surface area contributed by atoms with E-state index in [9.17, 15) is 4.79 Å². The van der Waals surface area contributed by atoms with Gasteiger partial charge in [-0.25, -0.2) is 4.89 Å². The molecule has 0 saturated heterocycles. The predicted molar refractivity (Wildman–Crippen MR) is 98.9 cm³/mol. The van der Waals surface area contributed by atoms with E-state index >= 15 is 0 Å². The molecule has 0 aromatic carbocycles. The average Bonchev–Trinajstić information content (AvgIpc) is 2.57. The second kappa shape index (κ2) is 17.7. The largest absolute Gasteiger partial charge is 0.481 e. The molecule has 0 heterocycles. The molecule has 2 N–H and O–H groups in total. The standard InChI is InChI=1S/C20H32O4/c1-2-3-13-16-19(24-23)17-14-11-9-7-5-4-6-8-10-12-15-18-20(21)22/h4-5,8-11,14,17,19,23H,2-3,6-7,12-13,15-16,18H2,1H3,(H,21,22)/b5-4-,10-8+,11-9-,17-14-/t19-/m0/s1. The first-order valence-electron chi connectivity index (χ1n) is 8.86. The van der Waals surface area contributed by atoms with Gasteiger partial charge in [0, 0.05) is 6.42 Å². The first kappa shape index (κ1) is 22.4. The van der Waals surface area contributed by atoms with E-state index in [0.717, 1.165) is 44.9 Å². The zero-order valence-corrected chi connectivity index (χ0v) is 14.8. The maximum absolute atomic E-state index is 10.3. The highest BCUT2D eigenvalue weighted by Gasteiger charge is 2.02. The van der Waals surface area contributed by atoms with Crippen molar-refractivity contribution in [2.24, 2.45) is 0 Å². The highest BCUT2D eigenvalue weighted by Crippen LogP contribution is 2.07. The summed E-state index contributed by atoms with van der Waals surface area (Å²) in [7, 11) is 0. The van der Waals surface area contributed by atoms with Gasteiger partial charge in [0.25, 0.3) is 0 Å². The van der Waals surface area contributed by atoms with Crippen molar-refractivity contribution in [3.05, 3.63) is 48.6 Å². The molecule has 24 heavy (non-hydrogen) atoms. The summed E-state index contributed by atoms with van der Waals surface area (Å²) in [5, 5.41) is 17.3. The number of carbonyl (C=O) groups is 1. The molecule has 0 aromatic heterocycles. The third-order valence-corrected chi connectivity index (χ3v) is 3.44. The molecule has 4 nitrogen and oxygen atoms in total. The number of aliphatic carboxylic acids is 1.